The molecule has 10 nitrogen and oxygen atoms in total. The van der Waals surface area contributed by atoms with Gasteiger partial charge in [0.25, 0.3) is 0 Å². The number of guanidine groups is 1. The van der Waals surface area contributed by atoms with Crippen molar-refractivity contribution in [1.29, 1.82) is 5.41 Å². The van der Waals surface area contributed by atoms with Gasteiger partial charge < -0.3 is 21.3 Å². The predicted molar refractivity (Wildman–Crippen MR) is 157 cm³/mol. The Labute approximate surface area is 240 Å². The molecule has 40 heavy (non-hydrogen) atoms. The first kappa shape index (κ1) is 30.9. The van der Waals surface area contributed by atoms with E-state index in [2.05, 4.69) is 15.4 Å². The van der Waals surface area contributed by atoms with E-state index in [1.54, 1.807) is 17.0 Å². The Morgan fingerprint density at radius 3 is 2.42 bits per heavy atom. The molecule has 0 aliphatic carbocycles. The Balaban J connectivity index is 0.00000441. The molecule has 2 atom stereocenters. The predicted octanol–water partition coefficient (Wildman–Crippen LogP) is 2.34. The molecule has 1 heterocycles. The summed E-state index contributed by atoms with van der Waals surface area (Å²) < 4.78 is 29.0. The minimum atomic E-state index is -4.11. The highest BCUT2D eigenvalue weighted by Gasteiger charge is 2.29. The summed E-state index contributed by atoms with van der Waals surface area (Å²) >= 11 is 0. The van der Waals surface area contributed by atoms with E-state index in [1.807, 2.05) is 54.6 Å². The number of fused-ring (bicyclic) bond motifs is 1. The van der Waals surface area contributed by atoms with Crippen molar-refractivity contribution in [1.82, 2.24) is 20.3 Å². The number of nitrogens with two attached hydrogens (primary N) is 1. The zero-order valence-corrected chi connectivity index (χ0v) is 23.6. The second-order valence-electron chi connectivity index (χ2n) is 9.73. The number of hydrogen-bond donors (Lipinski definition) is 5. The van der Waals surface area contributed by atoms with Crippen molar-refractivity contribution in [3.63, 3.8) is 0 Å². The largest absolute Gasteiger partial charge is 0.370 e. The molecular weight excluding hydrogens is 552 g/mol. The molecule has 0 aromatic heterocycles. The number of piperidine rings is 1. The van der Waals surface area contributed by atoms with Crippen molar-refractivity contribution in [2.75, 3.05) is 19.6 Å². The Morgan fingerprint density at radius 1 is 1.00 bits per heavy atom. The van der Waals surface area contributed by atoms with Gasteiger partial charge in [-0.3, -0.25) is 15.0 Å². The Kier molecular flexibility index (Phi) is 10.9. The molecule has 12 heteroatoms. The summed E-state index contributed by atoms with van der Waals surface area (Å²) in [6.45, 7) is 1.81. The Morgan fingerprint density at radius 2 is 1.70 bits per heavy atom. The molecule has 2 amide bonds. The first-order valence-corrected chi connectivity index (χ1v) is 14.4. The van der Waals surface area contributed by atoms with E-state index in [1.165, 1.54) is 6.07 Å². The van der Waals surface area contributed by atoms with E-state index in [0.717, 1.165) is 29.2 Å². The van der Waals surface area contributed by atoms with Crippen LogP contribution in [0.25, 0.3) is 10.8 Å². The minimum absolute atomic E-state index is 0. The number of nitrogens with one attached hydrogen (secondary N) is 4. The molecule has 0 radical (unpaired) electrons. The van der Waals surface area contributed by atoms with Crippen LogP contribution in [0.15, 0.2) is 77.7 Å². The Hall–Kier alpha value is -3.67. The van der Waals surface area contributed by atoms with Gasteiger partial charge in [-0.2, -0.15) is 4.72 Å². The third-order valence-electron chi connectivity index (χ3n) is 6.79. The van der Waals surface area contributed by atoms with Gasteiger partial charge in [-0.1, -0.05) is 60.7 Å². The van der Waals surface area contributed by atoms with Gasteiger partial charge in [0.15, 0.2) is 5.96 Å². The molecule has 1 aliphatic rings. The first-order chi connectivity index (χ1) is 18.7. The fraction of sp³-hybridized carbons (Fsp3) is 0.321. The second-order valence-corrected chi connectivity index (χ2v) is 11.4. The molecule has 1 aliphatic heterocycles. The van der Waals surface area contributed by atoms with E-state index in [9.17, 15) is 18.0 Å². The van der Waals surface area contributed by atoms with Crippen molar-refractivity contribution in [2.24, 2.45) is 11.7 Å². The number of carbonyl (C=O) groups is 2. The summed E-state index contributed by atoms with van der Waals surface area (Å²) in [6.07, 6.45) is 1.37. The molecule has 1 unspecified atom stereocenters. The Bertz CT molecular complexity index is 1440. The number of carbonyl (C=O) groups excluding carboxylic acids is 2. The highest BCUT2D eigenvalue weighted by molar-refractivity contribution is 7.89. The van der Waals surface area contributed by atoms with Crippen LogP contribution >= 0.6 is 12.4 Å². The average molecular weight is 587 g/mol. The summed E-state index contributed by atoms with van der Waals surface area (Å²) in [5.74, 6) is -0.940. The zero-order valence-electron chi connectivity index (χ0n) is 22.0. The quantitative estimate of drug-likeness (QED) is 0.181. The van der Waals surface area contributed by atoms with Crippen molar-refractivity contribution < 1.29 is 18.0 Å². The van der Waals surface area contributed by atoms with Crippen LogP contribution in [0, 0.1) is 11.3 Å². The molecule has 0 saturated carbocycles. The first-order valence-electron chi connectivity index (χ1n) is 12.9. The lowest BCUT2D eigenvalue weighted by atomic mass is 9.98. The molecular formula is C28H35ClN6O4S. The molecule has 3 aromatic rings. The number of sulfonamides is 1. The smallest absolute Gasteiger partial charge is 0.241 e. The maximum absolute atomic E-state index is 13.3. The van der Waals surface area contributed by atoms with Crippen LogP contribution in [0.2, 0.25) is 0 Å². The van der Waals surface area contributed by atoms with Crippen LogP contribution in [0.5, 0.6) is 0 Å². The van der Waals surface area contributed by atoms with Gasteiger partial charge in [0.1, 0.15) is 6.04 Å². The summed E-state index contributed by atoms with van der Waals surface area (Å²) in [5.41, 5.74) is 6.45. The number of nitrogens with zero attached hydrogens (tertiary/aromatic N) is 1. The highest BCUT2D eigenvalue weighted by atomic mass is 35.5. The summed E-state index contributed by atoms with van der Waals surface area (Å²) in [5, 5.41) is 14.8. The summed E-state index contributed by atoms with van der Waals surface area (Å²) in [7, 11) is -4.11. The molecule has 0 bridgehead atoms. The fourth-order valence-corrected chi connectivity index (χ4v) is 5.88. The van der Waals surface area contributed by atoms with E-state index >= 15 is 0 Å². The highest BCUT2D eigenvalue weighted by Crippen LogP contribution is 2.20. The lowest BCUT2D eigenvalue weighted by molar-refractivity contribution is -0.128. The average Bonchev–Trinajstić information content (AvgIpc) is 2.94. The maximum Gasteiger partial charge on any atom is 0.241 e. The van der Waals surface area contributed by atoms with E-state index in [0.29, 0.717) is 19.6 Å². The molecule has 1 fully saturated rings. The number of rotatable bonds is 10. The third-order valence-corrected chi connectivity index (χ3v) is 8.26. The number of hydrogen-bond acceptors (Lipinski definition) is 5. The van der Waals surface area contributed by atoms with Crippen molar-refractivity contribution in [3.05, 3.63) is 78.4 Å². The molecule has 4 rings (SSSR count). The van der Waals surface area contributed by atoms with Crippen molar-refractivity contribution >= 4 is 51.0 Å². The maximum atomic E-state index is 13.3. The monoisotopic (exact) mass is 586 g/mol. The molecule has 1 saturated heterocycles. The molecule has 214 valence electrons. The molecule has 0 spiro atoms. The second kappa shape index (κ2) is 14.1. The van der Waals surface area contributed by atoms with Gasteiger partial charge in [-0.15, -0.1) is 12.4 Å². The van der Waals surface area contributed by atoms with E-state index < -0.39 is 27.9 Å². The van der Waals surface area contributed by atoms with Crippen LogP contribution in [0.3, 0.4) is 0 Å². The van der Waals surface area contributed by atoms with Gasteiger partial charge in [0, 0.05) is 26.2 Å². The van der Waals surface area contributed by atoms with Crippen LogP contribution in [-0.2, 0) is 26.2 Å². The van der Waals surface area contributed by atoms with Crippen LogP contribution in [0.1, 0.15) is 24.8 Å². The van der Waals surface area contributed by atoms with Crippen molar-refractivity contribution in [3.8, 4) is 0 Å². The van der Waals surface area contributed by atoms with Gasteiger partial charge in [-0.05, 0) is 47.2 Å². The van der Waals surface area contributed by atoms with Gasteiger partial charge in [0.05, 0.1) is 11.3 Å². The van der Waals surface area contributed by atoms with E-state index in [-0.39, 0.29) is 42.1 Å². The van der Waals surface area contributed by atoms with E-state index in [4.69, 9.17) is 11.1 Å². The third kappa shape index (κ3) is 8.41. The SMILES string of the molecule is Cl.N=C(N)N1CCCC(CNC(=O)C[C@@H](NS(=O)(=O)c2ccc3ccccc3c2)C(=O)NCc2ccccc2)C1. The number of benzene rings is 3. The van der Waals surface area contributed by atoms with Crippen LogP contribution in [-0.4, -0.2) is 56.8 Å². The molecule has 3 aromatic carbocycles. The lowest BCUT2D eigenvalue weighted by Crippen LogP contribution is -2.50. The van der Waals surface area contributed by atoms with Crippen LogP contribution in [0.4, 0.5) is 0 Å². The number of amides is 2. The topological polar surface area (TPSA) is 157 Å². The fourth-order valence-electron chi connectivity index (χ4n) is 4.65. The normalized spacial score (nSPS) is 16.0. The zero-order chi connectivity index (χ0) is 27.8. The number of likely N-dealkylation sites (tertiary alicyclic amines) is 1. The summed E-state index contributed by atoms with van der Waals surface area (Å²) in [6, 6.07) is 20.0. The minimum Gasteiger partial charge on any atom is -0.370 e. The van der Waals surface area contributed by atoms with Crippen LogP contribution < -0.4 is 21.1 Å². The summed E-state index contributed by atoms with van der Waals surface area (Å²) in [4.78, 5) is 27.8. The van der Waals surface area contributed by atoms with Gasteiger partial charge in [-0.25, -0.2) is 8.42 Å². The van der Waals surface area contributed by atoms with Gasteiger partial charge in [0.2, 0.25) is 21.8 Å². The lowest BCUT2D eigenvalue weighted by Gasteiger charge is -2.33. The van der Waals surface area contributed by atoms with Crippen molar-refractivity contribution in [2.45, 2.75) is 36.7 Å². The molecule has 6 N–H and O–H groups in total. The number of halogens is 1. The standard InChI is InChI=1S/C28H34N6O4S.ClH/c29-28(30)34-14-6-9-21(19-34)18-31-26(35)16-25(27(36)32-17-20-7-2-1-3-8-20)33-39(37,38)24-13-12-22-10-4-5-11-23(22)15-24;/h1-5,7-8,10-13,15,21,25,33H,6,9,14,16-19H2,(H3,29,30)(H,31,35)(H,32,36);1H/t21?,25-;/m1./s1. The van der Waals surface area contributed by atoms with Gasteiger partial charge >= 0.3 is 0 Å².